The van der Waals surface area contributed by atoms with E-state index in [2.05, 4.69) is 184 Å². The van der Waals surface area contributed by atoms with Gasteiger partial charge in [0.25, 0.3) is 0 Å². The zero-order valence-electron chi connectivity index (χ0n) is 53.8. The summed E-state index contributed by atoms with van der Waals surface area (Å²) in [7, 11) is -4.42. The Morgan fingerprint density at radius 2 is 0.612 bits per heavy atom. The van der Waals surface area contributed by atoms with Crippen molar-refractivity contribution in [1.29, 1.82) is 0 Å². The molecular weight excluding hydrogens is 1070 g/mol. The molecule has 0 aliphatic rings. The Labute approximate surface area is 521 Å². The third kappa shape index (κ3) is 68.4. The molecule has 2 unspecified atom stereocenters. The number of unbranched alkanes of at least 4 members (excludes halogenated alkanes) is 20. The van der Waals surface area contributed by atoms with Gasteiger partial charge in [-0.05, 0) is 128 Å². The van der Waals surface area contributed by atoms with E-state index >= 15 is 0 Å². The van der Waals surface area contributed by atoms with Crippen LogP contribution in [0.4, 0.5) is 0 Å². The smallest absolute Gasteiger partial charge is 0.462 e. The number of ether oxygens (including phenoxy) is 2. The molecule has 85 heavy (non-hydrogen) atoms. The number of allylic oxidation sites excluding steroid dienone is 28. The van der Waals surface area contributed by atoms with Gasteiger partial charge in [-0.1, -0.05) is 287 Å². The highest BCUT2D eigenvalue weighted by molar-refractivity contribution is 7.47. The summed E-state index contributed by atoms with van der Waals surface area (Å²) in [5.41, 5.74) is 5.39. The van der Waals surface area contributed by atoms with E-state index in [1.807, 2.05) is 0 Å². The lowest BCUT2D eigenvalue weighted by Gasteiger charge is -2.19. The number of hydrogen-bond acceptors (Lipinski definition) is 8. The van der Waals surface area contributed by atoms with E-state index in [1.165, 1.54) is 103 Å². The van der Waals surface area contributed by atoms with Crippen molar-refractivity contribution < 1.29 is 37.6 Å². The Balaban J connectivity index is 4.03. The van der Waals surface area contributed by atoms with Gasteiger partial charge in [0.05, 0.1) is 13.2 Å². The van der Waals surface area contributed by atoms with Gasteiger partial charge in [0, 0.05) is 19.4 Å². The van der Waals surface area contributed by atoms with Crippen molar-refractivity contribution in [3.8, 4) is 0 Å². The van der Waals surface area contributed by atoms with Gasteiger partial charge >= 0.3 is 19.8 Å². The van der Waals surface area contributed by atoms with E-state index in [4.69, 9.17) is 24.3 Å². The highest BCUT2D eigenvalue weighted by Gasteiger charge is 2.26. The van der Waals surface area contributed by atoms with E-state index in [-0.39, 0.29) is 32.6 Å². The van der Waals surface area contributed by atoms with Crippen LogP contribution in [0.5, 0.6) is 0 Å². The van der Waals surface area contributed by atoms with Gasteiger partial charge in [0.2, 0.25) is 0 Å². The van der Waals surface area contributed by atoms with Crippen LogP contribution in [0.2, 0.25) is 0 Å². The third-order valence-corrected chi connectivity index (χ3v) is 14.6. The molecule has 0 heterocycles. The molecular formula is C75H122NO8P. The third-order valence-electron chi connectivity index (χ3n) is 13.6. The van der Waals surface area contributed by atoms with Crippen LogP contribution >= 0.6 is 7.82 Å². The van der Waals surface area contributed by atoms with Crippen LogP contribution in [0.1, 0.15) is 258 Å². The Bertz CT molecular complexity index is 2000. The Kier molecular flexibility index (Phi) is 64.8. The van der Waals surface area contributed by atoms with Gasteiger partial charge in [-0.15, -0.1) is 0 Å². The zero-order valence-corrected chi connectivity index (χ0v) is 54.7. The van der Waals surface area contributed by atoms with Crippen molar-refractivity contribution in [3.05, 3.63) is 170 Å². The number of esters is 2. The van der Waals surface area contributed by atoms with Crippen molar-refractivity contribution in [2.45, 2.75) is 264 Å². The first-order chi connectivity index (χ1) is 41.8. The number of rotatable bonds is 61. The molecule has 0 saturated carbocycles. The fourth-order valence-electron chi connectivity index (χ4n) is 8.71. The number of hydrogen-bond donors (Lipinski definition) is 2. The number of nitrogens with two attached hydrogens (primary N) is 1. The van der Waals surface area contributed by atoms with Crippen molar-refractivity contribution >= 4 is 19.8 Å². The summed E-state index contributed by atoms with van der Waals surface area (Å²) in [5.74, 6) is -0.885. The van der Waals surface area contributed by atoms with Crippen LogP contribution in [0.3, 0.4) is 0 Å². The van der Waals surface area contributed by atoms with E-state index in [9.17, 15) is 19.0 Å². The molecule has 3 N–H and O–H groups in total. The first-order valence-electron chi connectivity index (χ1n) is 33.6. The van der Waals surface area contributed by atoms with Crippen LogP contribution in [-0.2, 0) is 32.7 Å². The number of phosphoric acid groups is 1. The molecule has 0 aromatic carbocycles. The minimum Gasteiger partial charge on any atom is -0.462 e. The molecule has 0 aromatic heterocycles. The molecule has 0 aromatic rings. The summed E-state index contributed by atoms with van der Waals surface area (Å²) in [5, 5.41) is 0. The van der Waals surface area contributed by atoms with Gasteiger partial charge < -0.3 is 20.1 Å². The Morgan fingerprint density at radius 1 is 0.353 bits per heavy atom. The lowest BCUT2D eigenvalue weighted by atomic mass is 10.0. The van der Waals surface area contributed by atoms with Crippen molar-refractivity contribution in [2.75, 3.05) is 26.4 Å². The first kappa shape index (κ1) is 80.4. The van der Waals surface area contributed by atoms with Crippen molar-refractivity contribution in [3.63, 3.8) is 0 Å². The predicted molar refractivity (Wildman–Crippen MR) is 366 cm³/mol. The Hall–Kier alpha value is -4.63. The summed E-state index contributed by atoms with van der Waals surface area (Å²) in [4.78, 5) is 35.3. The van der Waals surface area contributed by atoms with Gasteiger partial charge in [0.15, 0.2) is 6.10 Å². The monoisotopic (exact) mass is 1200 g/mol. The van der Waals surface area contributed by atoms with Gasteiger partial charge in [-0.3, -0.25) is 18.6 Å². The quantitative estimate of drug-likeness (QED) is 0.0264. The minimum atomic E-state index is -4.42. The molecule has 0 spiro atoms. The molecule has 0 aliphatic carbocycles. The van der Waals surface area contributed by atoms with Crippen molar-refractivity contribution in [1.82, 2.24) is 0 Å². The maximum absolute atomic E-state index is 12.7. The van der Waals surface area contributed by atoms with E-state index < -0.39 is 32.5 Å². The normalized spacial score (nSPS) is 14.1. The topological polar surface area (TPSA) is 134 Å². The van der Waals surface area contributed by atoms with Crippen LogP contribution in [0.15, 0.2) is 170 Å². The summed E-state index contributed by atoms with van der Waals surface area (Å²) >= 11 is 0. The first-order valence-corrected chi connectivity index (χ1v) is 35.1. The van der Waals surface area contributed by atoms with Crippen LogP contribution < -0.4 is 5.73 Å². The molecule has 480 valence electrons. The molecule has 10 heteroatoms. The average Bonchev–Trinajstić information content (AvgIpc) is 3.52. The van der Waals surface area contributed by atoms with Gasteiger partial charge in [-0.2, -0.15) is 0 Å². The summed E-state index contributed by atoms with van der Waals surface area (Å²) < 4.78 is 33.1. The summed E-state index contributed by atoms with van der Waals surface area (Å²) in [6.45, 7) is 3.46. The summed E-state index contributed by atoms with van der Waals surface area (Å²) in [6, 6.07) is 0. The number of carbonyl (C=O) groups excluding carboxylic acids is 2. The second-order valence-corrected chi connectivity index (χ2v) is 23.0. The SMILES string of the molecule is CC/C=C\C/C=C\C/C=C\C/C=C\C/C=C\C/C=C\C/C=C\C/C=C\C/C=C\C/C=C\CCCCC(=O)OC(COC(=O)CCCCCCCCCCCCCCCCCCCC/C=C\C/C=C\C/C=C\C/C=C\CC)COP(=O)(O)OCCN. The molecule has 0 bridgehead atoms. The number of carbonyl (C=O) groups is 2. The molecule has 0 rings (SSSR count). The second-order valence-electron chi connectivity index (χ2n) is 21.6. The molecule has 9 nitrogen and oxygen atoms in total. The maximum atomic E-state index is 12.7. The maximum Gasteiger partial charge on any atom is 0.472 e. The van der Waals surface area contributed by atoms with Gasteiger partial charge in [-0.25, -0.2) is 4.57 Å². The molecule has 0 radical (unpaired) electrons. The van der Waals surface area contributed by atoms with Crippen molar-refractivity contribution in [2.24, 2.45) is 5.73 Å². The van der Waals surface area contributed by atoms with E-state index in [0.717, 1.165) is 122 Å². The molecule has 2 atom stereocenters. The Morgan fingerprint density at radius 3 is 0.929 bits per heavy atom. The fraction of sp³-hybridized carbons (Fsp3) is 0.600. The molecule has 0 fully saturated rings. The minimum absolute atomic E-state index is 0.0379. The zero-order chi connectivity index (χ0) is 61.6. The second kappa shape index (κ2) is 68.5. The van der Waals surface area contributed by atoms with E-state index in [0.29, 0.717) is 6.42 Å². The number of phosphoric ester groups is 1. The van der Waals surface area contributed by atoms with E-state index in [1.54, 1.807) is 0 Å². The lowest BCUT2D eigenvalue weighted by molar-refractivity contribution is -0.161. The highest BCUT2D eigenvalue weighted by atomic mass is 31.2. The molecule has 0 amide bonds. The average molecular weight is 1200 g/mol. The van der Waals surface area contributed by atoms with Crippen LogP contribution in [0, 0.1) is 0 Å². The lowest BCUT2D eigenvalue weighted by Crippen LogP contribution is -2.29. The molecule has 0 saturated heterocycles. The van der Waals surface area contributed by atoms with Gasteiger partial charge in [0.1, 0.15) is 6.61 Å². The van der Waals surface area contributed by atoms with Crippen LogP contribution in [-0.4, -0.2) is 49.3 Å². The molecule has 0 aliphatic heterocycles. The largest absolute Gasteiger partial charge is 0.472 e. The predicted octanol–water partition coefficient (Wildman–Crippen LogP) is 22.2. The fourth-order valence-corrected chi connectivity index (χ4v) is 9.48. The van der Waals surface area contributed by atoms with Crippen LogP contribution in [0.25, 0.3) is 0 Å². The highest BCUT2D eigenvalue weighted by Crippen LogP contribution is 2.43. The summed E-state index contributed by atoms with van der Waals surface area (Å²) in [6.07, 6.45) is 102. The standard InChI is InChI=1S/C75H122NO8P/c1-3-5-7-9-11-13-15-17-19-21-23-25-27-29-31-33-35-36-38-40-42-44-46-48-50-52-54-56-58-60-62-64-66-68-75(78)84-73(72-83-85(79,80)82-70-69-76)71-81-74(77)67-65-63-61-59-57-55-53-51-49-47-45-43-41-39-37-34-32-30-28-26-24-22-20-18-16-14-12-10-8-6-4-2/h5-8,11-14,17-20,23-26,29,31,35-36,40,42,46,48,52,54,58,60,73H,3-4,9-10,15-16,21-22,27-28,30,32-34,37-39,41,43-45,47,49-51,53,55-57,59,61-72,76H2,1-2H3,(H,79,80)/b7-5-,8-6-,13-11-,14-12-,19-17-,20-18-,25-23-,26-24-,31-29-,36-35-,42-40-,48-46-,54-52-,60-58-.